The maximum Gasteiger partial charge on any atom is 0.255 e. The van der Waals surface area contributed by atoms with Gasteiger partial charge in [-0.3, -0.25) is 19.2 Å². The summed E-state index contributed by atoms with van der Waals surface area (Å²) in [5.41, 5.74) is 10.8. The van der Waals surface area contributed by atoms with E-state index in [1.54, 1.807) is 12.1 Å². The van der Waals surface area contributed by atoms with Gasteiger partial charge in [0.15, 0.2) is 0 Å². The van der Waals surface area contributed by atoms with Crippen molar-refractivity contribution >= 4 is 29.3 Å². The third-order valence-electron chi connectivity index (χ3n) is 11.7. The molecule has 2 aliphatic carbocycles. The predicted octanol–water partition coefficient (Wildman–Crippen LogP) is 6.85. The molecule has 3 aliphatic rings. The fourth-order valence-electron chi connectivity index (χ4n) is 8.88. The van der Waals surface area contributed by atoms with Crippen molar-refractivity contribution in [2.45, 2.75) is 64.1 Å². The molecular formula is C46H53N5O5. The molecule has 4 aromatic carbocycles. The molecule has 0 radical (unpaired) electrons. The number of hydrogen-bond acceptors (Lipinski definition) is 6. The first-order valence-electron chi connectivity index (χ1n) is 19.9. The van der Waals surface area contributed by atoms with Gasteiger partial charge in [-0.15, -0.1) is 0 Å². The summed E-state index contributed by atoms with van der Waals surface area (Å²) >= 11 is 0. The van der Waals surface area contributed by atoms with Gasteiger partial charge in [0.05, 0.1) is 19.2 Å². The molecule has 0 aromatic heterocycles. The van der Waals surface area contributed by atoms with Crippen molar-refractivity contribution < 1.29 is 23.9 Å². The molecule has 0 saturated heterocycles. The number of carbonyl (C=O) groups excluding carboxylic acids is 4. The van der Waals surface area contributed by atoms with Crippen molar-refractivity contribution in [3.8, 4) is 5.75 Å². The lowest BCUT2D eigenvalue weighted by Gasteiger charge is -2.37. The second-order valence-corrected chi connectivity index (χ2v) is 16.1. The minimum atomic E-state index is -0.590. The van der Waals surface area contributed by atoms with E-state index in [1.165, 1.54) is 24.2 Å². The quantitative estimate of drug-likeness (QED) is 0.121. The van der Waals surface area contributed by atoms with Gasteiger partial charge in [-0.1, -0.05) is 67.1 Å². The van der Waals surface area contributed by atoms with Crippen LogP contribution >= 0.6 is 0 Å². The summed E-state index contributed by atoms with van der Waals surface area (Å²) in [6, 6.07) is 30.1. The Bertz CT molecular complexity index is 2020. The van der Waals surface area contributed by atoms with Gasteiger partial charge in [0, 0.05) is 42.9 Å². The standard InChI is InChI=1S/C46H53N5O5/c1-49(2)21-6-22-56-40-19-16-34(17-20-40)42-25-37-15-18-39(48-44(53)26-38-24-33-11-14-36(38)23-33)27-41(37)46(55)51(42)29-32-9-12-35(13-10-32)45(54)50(30-43(47)52)28-31-7-4-3-5-8-31/h3-5,7-10,12-13,15-20,27,33,36,38,42H,6,11,14,21-26,28-30H2,1-2H3,(H2,47,52)(H,48,53). The number of rotatable bonds is 16. The first-order chi connectivity index (χ1) is 27.1. The minimum Gasteiger partial charge on any atom is -0.494 e. The third-order valence-corrected chi connectivity index (χ3v) is 11.7. The van der Waals surface area contributed by atoms with Gasteiger partial charge < -0.3 is 30.5 Å². The van der Waals surface area contributed by atoms with Crippen LogP contribution in [-0.2, 0) is 29.1 Å². The van der Waals surface area contributed by atoms with Crippen LogP contribution in [-0.4, -0.2) is 72.1 Å². The summed E-state index contributed by atoms with van der Waals surface area (Å²) in [6.45, 7) is 1.90. The van der Waals surface area contributed by atoms with Crippen molar-refractivity contribution in [3.63, 3.8) is 0 Å². The fraction of sp³-hybridized carbons (Fsp3) is 0.391. The molecule has 10 heteroatoms. The summed E-state index contributed by atoms with van der Waals surface area (Å²) in [5.74, 6) is 1.68. The van der Waals surface area contributed by atoms with Crippen LogP contribution in [0, 0.1) is 17.8 Å². The first kappa shape index (κ1) is 38.8. The number of amides is 4. The summed E-state index contributed by atoms with van der Waals surface area (Å²) in [4.78, 5) is 58.7. The Hall–Kier alpha value is -5.48. The van der Waals surface area contributed by atoms with Crippen molar-refractivity contribution in [2.24, 2.45) is 23.5 Å². The first-order valence-corrected chi connectivity index (χ1v) is 19.9. The van der Waals surface area contributed by atoms with E-state index < -0.39 is 5.91 Å². The number of nitrogens with one attached hydrogen (secondary N) is 1. The molecular weight excluding hydrogens is 703 g/mol. The number of primary amides is 1. The van der Waals surface area contributed by atoms with E-state index in [4.69, 9.17) is 10.5 Å². The molecule has 2 bridgehead atoms. The Morgan fingerprint density at radius 2 is 1.66 bits per heavy atom. The number of fused-ring (bicyclic) bond motifs is 3. The van der Waals surface area contributed by atoms with Crippen LogP contribution in [0.1, 0.15) is 87.5 Å². The Labute approximate surface area is 330 Å². The zero-order valence-corrected chi connectivity index (χ0v) is 32.5. The smallest absolute Gasteiger partial charge is 0.255 e. The van der Waals surface area contributed by atoms with E-state index in [1.807, 2.05) is 104 Å². The van der Waals surface area contributed by atoms with Crippen LogP contribution in [0.5, 0.6) is 5.75 Å². The van der Waals surface area contributed by atoms with Crippen molar-refractivity contribution in [1.29, 1.82) is 0 Å². The molecule has 4 unspecified atom stereocenters. The number of ether oxygens (including phenoxy) is 1. The summed E-state index contributed by atoms with van der Waals surface area (Å²) in [7, 11) is 4.09. The van der Waals surface area contributed by atoms with E-state index in [2.05, 4.69) is 10.2 Å². The van der Waals surface area contributed by atoms with Crippen LogP contribution in [0.15, 0.2) is 97.1 Å². The monoisotopic (exact) mass is 755 g/mol. The molecule has 292 valence electrons. The number of anilines is 1. The number of hydrogen-bond donors (Lipinski definition) is 2. The summed E-state index contributed by atoms with van der Waals surface area (Å²) in [5, 5.41) is 3.10. The van der Waals surface area contributed by atoms with E-state index in [9.17, 15) is 19.2 Å². The number of carbonyl (C=O) groups is 4. The van der Waals surface area contributed by atoms with Gasteiger partial charge in [0.2, 0.25) is 11.8 Å². The lowest BCUT2D eigenvalue weighted by Crippen LogP contribution is -2.40. The highest BCUT2D eigenvalue weighted by atomic mass is 16.5. The molecule has 4 aromatic rings. The Kier molecular flexibility index (Phi) is 12.1. The average molecular weight is 756 g/mol. The highest BCUT2D eigenvalue weighted by Gasteiger charge is 2.40. The number of nitrogens with zero attached hydrogens (tertiary/aromatic N) is 3. The minimum absolute atomic E-state index is 0.0114. The molecule has 2 fully saturated rings. The van der Waals surface area contributed by atoms with Crippen LogP contribution in [0.4, 0.5) is 5.69 Å². The van der Waals surface area contributed by atoms with E-state index in [-0.39, 0.29) is 36.9 Å². The van der Waals surface area contributed by atoms with Gasteiger partial charge in [-0.2, -0.15) is 0 Å². The molecule has 7 rings (SSSR count). The molecule has 4 atom stereocenters. The predicted molar refractivity (Wildman–Crippen MR) is 217 cm³/mol. The highest BCUT2D eigenvalue weighted by molar-refractivity contribution is 6.00. The lowest BCUT2D eigenvalue weighted by atomic mass is 9.86. The SMILES string of the molecule is CN(C)CCCOc1ccc(C2Cc3ccc(NC(=O)CC4CC5CCC4C5)cc3C(=O)N2Cc2ccc(C(=O)N(CC(N)=O)Cc3ccccc3)cc2)cc1. The molecule has 1 heterocycles. The molecule has 56 heavy (non-hydrogen) atoms. The van der Waals surface area contributed by atoms with Gasteiger partial charge in [-0.05, 0) is 123 Å². The average Bonchev–Trinajstić information content (AvgIpc) is 3.82. The molecule has 0 spiro atoms. The Morgan fingerprint density at radius 1 is 0.893 bits per heavy atom. The number of nitrogens with two attached hydrogens (primary N) is 1. The van der Waals surface area contributed by atoms with Crippen molar-refractivity contribution in [3.05, 3.63) is 130 Å². The second-order valence-electron chi connectivity index (χ2n) is 16.1. The second kappa shape index (κ2) is 17.5. The van der Waals surface area contributed by atoms with Crippen LogP contribution in [0.25, 0.3) is 0 Å². The highest BCUT2D eigenvalue weighted by Crippen LogP contribution is 2.49. The fourth-order valence-corrected chi connectivity index (χ4v) is 8.88. The van der Waals surface area contributed by atoms with Gasteiger partial charge in [0.1, 0.15) is 5.75 Å². The Morgan fingerprint density at radius 3 is 2.34 bits per heavy atom. The van der Waals surface area contributed by atoms with Gasteiger partial charge in [0.25, 0.3) is 11.8 Å². The third kappa shape index (κ3) is 9.48. The molecule has 2 saturated carbocycles. The number of benzene rings is 4. The molecule has 4 amide bonds. The molecule has 3 N–H and O–H groups in total. The van der Waals surface area contributed by atoms with Crippen LogP contribution in [0.3, 0.4) is 0 Å². The largest absolute Gasteiger partial charge is 0.494 e. The topological polar surface area (TPSA) is 125 Å². The van der Waals surface area contributed by atoms with Gasteiger partial charge >= 0.3 is 0 Å². The van der Waals surface area contributed by atoms with E-state index in [0.717, 1.165) is 53.3 Å². The van der Waals surface area contributed by atoms with Crippen molar-refractivity contribution in [2.75, 3.05) is 39.1 Å². The van der Waals surface area contributed by atoms with Gasteiger partial charge in [-0.25, -0.2) is 0 Å². The molecule has 10 nitrogen and oxygen atoms in total. The lowest BCUT2D eigenvalue weighted by molar-refractivity contribution is -0.119. The molecule has 1 aliphatic heterocycles. The van der Waals surface area contributed by atoms with E-state index in [0.29, 0.717) is 54.6 Å². The van der Waals surface area contributed by atoms with Crippen LogP contribution < -0.4 is 15.8 Å². The summed E-state index contributed by atoms with van der Waals surface area (Å²) < 4.78 is 6.00. The maximum absolute atomic E-state index is 14.5. The normalized spacial score (nSPS) is 19.8. The maximum atomic E-state index is 14.5. The Balaban J connectivity index is 1.10. The zero-order chi connectivity index (χ0) is 39.2. The zero-order valence-electron chi connectivity index (χ0n) is 32.5. The van der Waals surface area contributed by atoms with E-state index >= 15 is 0 Å². The summed E-state index contributed by atoms with van der Waals surface area (Å²) in [6.07, 6.45) is 6.99. The van der Waals surface area contributed by atoms with Crippen molar-refractivity contribution in [1.82, 2.24) is 14.7 Å². The van der Waals surface area contributed by atoms with Crippen LogP contribution in [0.2, 0.25) is 0 Å².